The monoisotopic (exact) mass is 223 g/mol. The van der Waals surface area contributed by atoms with Gasteiger partial charge in [-0.05, 0) is 31.5 Å². The maximum absolute atomic E-state index is 11.5. The lowest BCUT2D eigenvalue weighted by molar-refractivity contribution is 0.0378. The summed E-state index contributed by atoms with van der Waals surface area (Å²) >= 11 is 4.51. The maximum atomic E-state index is 11.5. The lowest BCUT2D eigenvalue weighted by atomic mass is 10.1. The molecule has 1 rings (SSSR count). The van der Waals surface area contributed by atoms with Gasteiger partial charge in [0.05, 0.1) is 18.2 Å². The van der Waals surface area contributed by atoms with Crippen LogP contribution in [0.1, 0.15) is 29.8 Å². The fourth-order valence-corrected chi connectivity index (χ4v) is 1.25. The van der Waals surface area contributed by atoms with Crippen LogP contribution in [0.5, 0.6) is 0 Å². The Labute approximate surface area is 94.6 Å². The van der Waals surface area contributed by atoms with Crippen LogP contribution in [0, 0.1) is 0 Å². The molecule has 0 atom stereocenters. The molecule has 80 valence electrons. The largest absolute Gasteiger partial charge is 0.459 e. The SMILES string of the molecule is CC(C)OC(=O)c1ccc(CN=S)cc1. The minimum Gasteiger partial charge on any atom is -0.459 e. The van der Waals surface area contributed by atoms with Crippen LogP contribution >= 0.6 is 0 Å². The van der Waals surface area contributed by atoms with Gasteiger partial charge in [-0.25, -0.2) is 9.16 Å². The molecule has 0 aromatic heterocycles. The molecule has 15 heavy (non-hydrogen) atoms. The Morgan fingerprint density at radius 2 is 2.00 bits per heavy atom. The van der Waals surface area contributed by atoms with Gasteiger partial charge in [-0.3, -0.25) is 0 Å². The van der Waals surface area contributed by atoms with Crippen LogP contribution in [-0.2, 0) is 23.7 Å². The van der Waals surface area contributed by atoms with E-state index in [1.165, 1.54) is 0 Å². The van der Waals surface area contributed by atoms with E-state index in [9.17, 15) is 4.79 Å². The molecule has 0 radical (unpaired) electrons. The molecule has 0 N–H and O–H groups in total. The van der Waals surface area contributed by atoms with Crippen LogP contribution in [0.3, 0.4) is 0 Å². The van der Waals surface area contributed by atoms with E-state index in [-0.39, 0.29) is 12.1 Å². The number of hydrogen-bond acceptors (Lipinski definition) is 4. The molecule has 0 saturated carbocycles. The summed E-state index contributed by atoms with van der Waals surface area (Å²) in [5.41, 5.74) is 1.54. The highest BCUT2D eigenvalue weighted by Gasteiger charge is 2.08. The van der Waals surface area contributed by atoms with Crippen LogP contribution in [-0.4, -0.2) is 12.1 Å². The minimum atomic E-state index is -0.299. The van der Waals surface area contributed by atoms with Crippen molar-refractivity contribution in [2.45, 2.75) is 26.5 Å². The Morgan fingerprint density at radius 3 is 2.47 bits per heavy atom. The molecule has 0 spiro atoms. The van der Waals surface area contributed by atoms with Gasteiger partial charge in [0.25, 0.3) is 0 Å². The molecule has 0 amide bonds. The summed E-state index contributed by atoms with van der Waals surface area (Å²) in [5.74, 6) is -0.299. The lowest BCUT2D eigenvalue weighted by Crippen LogP contribution is -2.11. The zero-order chi connectivity index (χ0) is 11.3. The summed E-state index contributed by atoms with van der Waals surface area (Å²) in [6, 6.07) is 7.10. The summed E-state index contributed by atoms with van der Waals surface area (Å²) in [6.45, 7) is 4.14. The van der Waals surface area contributed by atoms with Crippen LogP contribution in [0.4, 0.5) is 0 Å². The summed E-state index contributed by atoms with van der Waals surface area (Å²) in [7, 11) is 0. The molecule has 0 aliphatic carbocycles. The maximum Gasteiger partial charge on any atom is 0.338 e. The van der Waals surface area contributed by atoms with Gasteiger partial charge in [0.15, 0.2) is 0 Å². The summed E-state index contributed by atoms with van der Waals surface area (Å²) in [4.78, 5) is 11.5. The second-order valence-electron chi connectivity index (χ2n) is 3.44. The van der Waals surface area contributed by atoms with Gasteiger partial charge >= 0.3 is 5.97 Å². The van der Waals surface area contributed by atoms with Crippen molar-refractivity contribution in [1.29, 1.82) is 0 Å². The third kappa shape index (κ3) is 3.75. The highest BCUT2D eigenvalue weighted by molar-refractivity contribution is 7.47. The van der Waals surface area contributed by atoms with Gasteiger partial charge in [-0.2, -0.15) is 0 Å². The van der Waals surface area contributed by atoms with Crippen molar-refractivity contribution in [3.63, 3.8) is 0 Å². The predicted octanol–water partition coefficient (Wildman–Crippen LogP) is 2.48. The van der Waals surface area contributed by atoms with E-state index >= 15 is 0 Å². The number of nitrogens with zero attached hydrogens (tertiary/aromatic N) is 1. The van der Waals surface area contributed by atoms with Gasteiger partial charge in [-0.15, -0.1) is 0 Å². The molecule has 0 fully saturated rings. The standard InChI is InChI=1S/C11H13NO2S/c1-8(2)14-11(13)10-5-3-9(4-6-10)7-12-15/h3-6,8H,7H2,1-2H3. The Morgan fingerprint density at radius 1 is 1.40 bits per heavy atom. The van der Waals surface area contributed by atoms with E-state index in [2.05, 4.69) is 16.8 Å². The molecule has 3 nitrogen and oxygen atoms in total. The van der Waals surface area contributed by atoms with Crippen LogP contribution in [0.15, 0.2) is 28.6 Å². The Bertz CT molecular complexity index is 346. The molecular formula is C11H13NO2S. The third-order valence-electron chi connectivity index (χ3n) is 1.78. The van der Waals surface area contributed by atoms with Crippen molar-refractivity contribution < 1.29 is 9.53 Å². The predicted molar refractivity (Wildman–Crippen MR) is 60.5 cm³/mol. The normalized spacial score (nSPS) is 10.1. The van der Waals surface area contributed by atoms with Gasteiger partial charge in [0, 0.05) is 12.4 Å². The molecule has 0 aliphatic heterocycles. The van der Waals surface area contributed by atoms with Crippen molar-refractivity contribution in [2.75, 3.05) is 0 Å². The van der Waals surface area contributed by atoms with Crippen molar-refractivity contribution in [3.8, 4) is 0 Å². The Kier molecular flexibility index (Phi) is 4.37. The van der Waals surface area contributed by atoms with E-state index in [1.54, 1.807) is 12.1 Å². The number of carbonyl (C=O) groups excluding carboxylic acids is 1. The first-order chi connectivity index (χ1) is 7.13. The molecule has 0 unspecified atom stereocenters. The molecular weight excluding hydrogens is 210 g/mol. The molecule has 1 aromatic carbocycles. The number of rotatable bonds is 4. The minimum absolute atomic E-state index is 0.0974. The fraction of sp³-hybridized carbons (Fsp3) is 0.364. The number of benzene rings is 1. The van der Waals surface area contributed by atoms with E-state index < -0.39 is 0 Å². The average Bonchev–Trinajstić information content (AvgIpc) is 2.18. The first-order valence-electron chi connectivity index (χ1n) is 4.72. The molecule has 0 bridgehead atoms. The van der Waals surface area contributed by atoms with Crippen molar-refractivity contribution >= 4 is 18.4 Å². The van der Waals surface area contributed by atoms with Gasteiger partial charge < -0.3 is 4.74 Å². The fourth-order valence-electron chi connectivity index (χ4n) is 1.10. The smallest absolute Gasteiger partial charge is 0.338 e. The molecule has 0 heterocycles. The Balaban J connectivity index is 2.70. The van der Waals surface area contributed by atoms with Gasteiger partial charge in [0.1, 0.15) is 0 Å². The average molecular weight is 223 g/mol. The second kappa shape index (κ2) is 5.56. The number of carbonyl (C=O) groups is 1. The van der Waals surface area contributed by atoms with E-state index in [4.69, 9.17) is 4.74 Å². The van der Waals surface area contributed by atoms with E-state index in [0.717, 1.165) is 5.56 Å². The Hall–Kier alpha value is -1.29. The number of ether oxygens (including phenoxy) is 1. The highest BCUT2D eigenvalue weighted by Crippen LogP contribution is 2.08. The zero-order valence-electron chi connectivity index (χ0n) is 8.77. The highest BCUT2D eigenvalue weighted by atomic mass is 32.1. The van der Waals surface area contributed by atoms with E-state index in [0.29, 0.717) is 12.1 Å². The molecule has 4 heteroatoms. The number of hydrogen-bond donors (Lipinski definition) is 0. The first-order valence-corrected chi connectivity index (χ1v) is 5.09. The van der Waals surface area contributed by atoms with Crippen LogP contribution in [0.25, 0.3) is 0 Å². The van der Waals surface area contributed by atoms with Gasteiger partial charge in [-0.1, -0.05) is 12.1 Å². The van der Waals surface area contributed by atoms with E-state index in [1.807, 2.05) is 26.0 Å². The molecule has 0 aliphatic rings. The second-order valence-corrected chi connectivity index (χ2v) is 3.70. The topological polar surface area (TPSA) is 38.7 Å². The summed E-state index contributed by atoms with van der Waals surface area (Å²) in [5, 5.41) is 0. The molecule has 0 saturated heterocycles. The molecule has 1 aromatic rings. The summed E-state index contributed by atoms with van der Waals surface area (Å²) < 4.78 is 8.65. The van der Waals surface area contributed by atoms with Crippen LogP contribution < -0.4 is 0 Å². The zero-order valence-corrected chi connectivity index (χ0v) is 9.58. The van der Waals surface area contributed by atoms with Crippen molar-refractivity contribution in [3.05, 3.63) is 35.4 Å². The number of esters is 1. The van der Waals surface area contributed by atoms with Crippen LogP contribution in [0.2, 0.25) is 0 Å². The van der Waals surface area contributed by atoms with Gasteiger partial charge in [0.2, 0.25) is 0 Å². The third-order valence-corrected chi connectivity index (χ3v) is 1.91. The first kappa shape index (κ1) is 11.8. The van der Waals surface area contributed by atoms with Crippen molar-refractivity contribution in [1.82, 2.24) is 0 Å². The lowest BCUT2D eigenvalue weighted by Gasteiger charge is -2.07. The summed E-state index contributed by atoms with van der Waals surface area (Å²) in [6.07, 6.45) is -0.0974. The quantitative estimate of drug-likeness (QED) is 0.736. The van der Waals surface area contributed by atoms with Crippen molar-refractivity contribution in [2.24, 2.45) is 4.36 Å².